The molecule has 0 bridgehead atoms. The van der Waals surface area contributed by atoms with Crippen LogP contribution in [-0.2, 0) is 12.8 Å². The van der Waals surface area contributed by atoms with Crippen LogP contribution in [0.5, 0.6) is 0 Å². The van der Waals surface area contributed by atoms with Crippen molar-refractivity contribution in [2.75, 3.05) is 11.5 Å². The van der Waals surface area contributed by atoms with Gasteiger partial charge in [0.15, 0.2) is 0 Å². The van der Waals surface area contributed by atoms with Gasteiger partial charge in [-0.15, -0.1) is 24.8 Å². The first-order valence-corrected chi connectivity index (χ1v) is 5.44. The van der Waals surface area contributed by atoms with Crippen molar-refractivity contribution in [3.63, 3.8) is 0 Å². The Labute approximate surface area is 120 Å². The third-order valence-corrected chi connectivity index (χ3v) is 2.77. The van der Waals surface area contributed by atoms with Crippen LogP contribution in [0.25, 0.3) is 0 Å². The lowest BCUT2D eigenvalue weighted by Crippen LogP contribution is -1.99. The molecule has 98 valence electrons. The summed E-state index contributed by atoms with van der Waals surface area (Å²) in [4.78, 5) is 0. The smallest absolute Gasteiger partial charge is 0.0346 e. The van der Waals surface area contributed by atoms with E-state index in [9.17, 15) is 0 Å². The zero-order valence-corrected chi connectivity index (χ0v) is 11.6. The predicted octanol–water partition coefficient (Wildman–Crippen LogP) is 3.48. The first-order chi connectivity index (χ1) is 7.77. The molecular weight excluding hydrogens is 267 g/mol. The number of anilines is 2. The Morgan fingerprint density at radius 3 is 1.28 bits per heavy atom. The molecule has 0 aliphatic rings. The van der Waals surface area contributed by atoms with Crippen LogP contribution in [0.1, 0.15) is 11.1 Å². The van der Waals surface area contributed by atoms with Crippen molar-refractivity contribution in [1.29, 1.82) is 0 Å². The molecule has 2 aromatic rings. The Kier molecular flexibility index (Phi) is 7.25. The first-order valence-electron chi connectivity index (χ1n) is 5.44. The number of hydrogen-bond acceptors (Lipinski definition) is 2. The Balaban J connectivity index is 0.00000144. The lowest BCUT2D eigenvalue weighted by atomic mass is 10.0. The molecule has 0 spiro atoms. The van der Waals surface area contributed by atoms with E-state index >= 15 is 0 Å². The Morgan fingerprint density at radius 2 is 0.944 bits per heavy atom. The highest BCUT2D eigenvalue weighted by atomic mass is 35.5. The van der Waals surface area contributed by atoms with Gasteiger partial charge in [-0.25, -0.2) is 0 Å². The minimum atomic E-state index is 0. The maximum Gasteiger partial charge on any atom is 0.0346 e. The molecule has 0 saturated heterocycles. The molecule has 0 unspecified atom stereocenters. The van der Waals surface area contributed by atoms with Gasteiger partial charge in [-0.05, 0) is 36.1 Å². The van der Waals surface area contributed by atoms with Crippen molar-refractivity contribution in [3.8, 4) is 0 Å². The third-order valence-electron chi connectivity index (χ3n) is 2.77. The van der Waals surface area contributed by atoms with Gasteiger partial charge in [-0.2, -0.15) is 0 Å². The van der Waals surface area contributed by atoms with Gasteiger partial charge < -0.3 is 11.5 Å². The van der Waals surface area contributed by atoms with Crippen LogP contribution in [0.4, 0.5) is 11.4 Å². The number of nitrogens with two attached hydrogens (primary N) is 2. The molecule has 0 fully saturated rings. The summed E-state index contributed by atoms with van der Waals surface area (Å²) in [6, 6.07) is 15.9. The topological polar surface area (TPSA) is 52.0 Å². The van der Waals surface area contributed by atoms with Crippen molar-refractivity contribution < 1.29 is 0 Å². The Morgan fingerprint density at radius 1 is 0.611 bits per heavy atom. The van der Waals surface area contributed by atoms with Gasteiger partial charge >= 0.3 is 0 Å². The highest BCUT2D eigenvalue weighted by Gasteiger charge is 2.01. The monoisotopic (exact) mass is 284 g/mol. The quantitative estimate of drug-likeness (QED) is 0.848. The van der Waals surface area contributed by atoms with Crippen molar-refractivity contribution in [1.82, 2.24) is 0 Å². The number of nitrogen functional groups attached to an aromatic ring is 2. The van der Waals surface area contributed by atoms with E-state index in [2.05, 4.69) is 12.1 Å². The second kappa shape index (κ2) is 7.85. The summed E-state index contributed by atoms with van der Waals surface area (Å²) < 4.78 is 0. The van der Waals surface area contributed by atoms with E-state index in [0.717, 1.165) is 24.2 Å². The molecule has 0 aliphatic carbocycles. The second-order valence-corrected chi connectivity index (χ2v) is 3.90. The Hall–Kier alpha value is -1.38. The highest BCUT2D eigenvalue weighted by Crippen LogP contribution is 2.17. The van der Waals surface area contributed by atoms with E-state index in [-0.39, 0.29) is 24.8 Å². The van der Waals surface area contributed by atoms with Gasteiger partial charge in [0, 0.05) is 11.4 Å². The largest absolute Gasteiger partial charge is 0.399 e. The molecule has 0 saturated carbocycles. The molecule has 4 heteroatoms. The molecule has 2 aromatic carbocycles. The molecular formula is C14H18Cl2N2. The average Bonchev–Trinajstić information content (AvgIpc) is 2.30. The Bertz CT molecular complexity index is 441. The summed E-state index contributed by atoms with van der Waals surface area (Å²) in [6.07, 6.45) is 1.86. The summed E-state index contributed by atoms with van der Waals surface area (Å²) >= 11 is 0. The van der Waals surface area contributed by atoms with Gasteiger partial charge in [0.05, 0.1) is 0 Å². The summed E-state index contributed by atoms with van der Waals surface area (Å²) in [5.41, 5.74) is 15.9. The molecule has 2 rings (SSSR count). The molecule has 0 radical (unpaired) electrons. The predicted molar refractivity (Wildman–Crippen MR) is 83.6 cm³/mol. The lowest BCUT2D eigenvalue weighted by molar-refractivity contribution is 0.966. The van der Waals surface area contributed by atoms with Gasteiger partial charge in [0.1, 0.15) is 0 Å². The third kappa shape index (κ3) is 4.13. The van der Waals surface area contributed by atoms with E-state index in [1.54, 1.807) is 0 Å². The SMILES string of the molecule is Cl.Cl.Nc1ccccc1CCc1ccccc1N. The highest BCUT2D eigenvalue weighted by molar-refractivity contribution is 5.85. The molecule has 0 heterocycles. The number of para-hydroxylation sites is 2. The fourth-order valence-corrected chi connectivity index (χ4v) is 1.79. The zero-order valence-electron chi connectivity index (χ0n) is 10.0. The summed E-state index contributed by atoms with van der Waals surface area (Å²) in [5, 5.41) is 0. The van der Waals surface area contributed by atoms with E-state index in [0.29, 0.717) is 0 Å². The zero-order chi connectivity index (χ0) is 11.4. The summed E-state index contributed by atoms with van der Waals surface area (Å²) in [6.45, 7) is 0. The summed E-state index contributed by atoms with van der Waals surface area (Å²) in [7, 11) is 0. The number of benzene rings is 2. The second-order valence-electron chi connectivity index (χ2n) is 3.90. The van der Waals surface area contributed by atoms with Crippen molar-refractivity contribution >= 4 is 36.2 Å². The summed E-state index contributed by atoms with van der Waals surface area (Å²) in [5.74, 6) is 0. The minimum Gasteiger partial charge on any atom is -0.399 e. The van der Waals surface area contributed by atoms with Crippen LogP contribution in [-0.4, -0.2) is 0 Å². The van der Waals surface area contributed by atoms with Crippen LogP contribution in [0.2, 0.25) is 0 Å². The number of hydrogen-bond donors (Lipinski definition) is 2. The molecule has 18 heavy (non-hydrogen) atoms. The first kappa shape index (κ1) is 16.6. The number of halogens is 2. The van der Waals surface area contributed by atoms with Crippen molar-refractivity contribution in [3.05, 3.63) is 59.7 Å². The minimum absolute atomic E-state index is 0. The fourth-order valence-electron chi connectivity index (χ4n) is 1.79. The van der Waals surface area contributed by atoms with Gasteiger partial charge in [0.2, 0.25) is 0 Å². The van der Waals surface area contributed by atoms with Crippen LogP contribution in [0, 0.1) is 0 Å². The van der Waals surface area contributed by atoms with Crippen molar-refractivity contribution in [2.45, 2.75) is 12.8 Å². The number of aryl methyl sites for hydroxylation is 2. The standard InChI is InChI=1S/C14H16N2.2ClH/c15-13-7-3-1-5-11(13)9-10-12-6-2-4-8-14(12)16;;/h1-8H,9-10,15-16H2;2*1H. The van der Waals surface area contributed by atoms with Crippen LogP contribution in [0.15, 0.2) is 48.5 Å². The maximum atomic E-state index is 5.89. The molecule has 0 aromatic heterocycles. The molecule has 4 N–H and O–H groups in total. The van der Waals surface area contributed by atoms with Gasteiger partial charge in [0.25, 0.3) is 0 Å². The molecule has 0 atom stereocenters. The molecule has 0 amide bonds. The van der Waals surface area contributed by atoms with Crippen molar-refractivity contribution in [2.24, 2.45) is 0 Å². The van der Waals surface area contributed by atoms with E-state index < -0.39 is 0 Å². The van der Waals surface area contributed by atoms with Crippen LogP contribution < -0.4 is 11.5 Å². The fraction of sp³-hybridized carbons (Fsp3) is 0.143. The van der Waals surface area contributed by atoms with E-state index in [4.69, 9.17) is 11.5 Å². The normalized spacial score (nSPS) is 9.11. The molecule has 0 aliphatic heterocycles. The van der Waals surface area contributed by atoms with E-state index in [1.165, 1.54) is 11.1 Å². The maximum absolute atomic E-state index is 5.89. The average molecular weight is 285 g/mol. The lowest BCUT2D eigenvalue weighted by Gasteiger charge is -2.07. The number of rotatable bonds is 3. The van der Waals surface area contributed by atoms with Gasteiger partial charge in [-0.3, -0.25) is 0 Å². The van der Waals surface area contributed by atoms with E-state index in [1.807, 2.05) is 36.4 Å². The van der Waals surface area contributed by atoms with Crippen LogP contribution >= 0.6 is 24.8 Å². The van der Waals surface area contributed by atoms with Gasteiger partial charge in [-0.1, -0.05) is 36.4 Å². The van der Waals surface area contributed by atoms with Crippen LogP contribution in [0.3, 0.4) is 0 Å². The molecule has 2 nitrogen and oxygen atoms in total.